The third kappa shape index (κ3) is 15.0. The average molecular weight is 724 g/mol. The van der Waals surface area contributed by atoms with Crippen LogP contribution in [0, 0.1) is 17.8 Å². The highest BCUT2D eigenvalue weighted by molar-refractivity contribution is 5.96. The first-order valence-electron chi connectivity index (χ1n) is 19.5. The average Bonchev–Trinajstić information content (AvgIpc) is 3.11. The number of ether oxygens (including phenoxy) is 2. The summed E-state index contributed by atoms with van der Waals surface area (Å²) >= 11 is 0. The monoisotopic (exact) mass is 724 g/mol. The molecule has 8 N–H and O–H groups in total. The lowest BCUT2D eigenvalue weighted by Crippen LogP contribution is -2.62. The lowest BCUT2D eigenvalue weighted by molar-refractivity contribution is -0.150. The number of nitrogens with zero attached hydrogens (tertiary/aromatic N) is 1. The molecule has 294 valence electrons. The summed E-state index contributed by atoms with van der Waals surface area (Å²) in [5.41, 5.74) is 11.6. The predicted molar refractivity (Wildman–Crippen MR) is 197 cm³/mol. The zero-order valence-corrected chi connectivity index (χ0v) is 32.2. The summed E-state index contributed by atoms with van der Waals surface area (Å²) in [7, 11) is 1.63. The fourth-order valence-corrected chi connectivity index (χ4v) is 6.94. The van der Waals surface area contributed by atoms with Crippen molar-refractivity contribution in [1.29, 1.82) is 0 Å². The summed E-state index contributed by atoms with van der Waals surface area (Å²) in [6, 6.07) is -4.07. The number of carbonyl (C=O) groups excluding carboxylic acids is 5. The maximum absolute atomic E-state index is 14.2. The lowest BCUT2D eigenvalue weighted by atomic mass is 9.83. The molecule has 1 aliphatic heterocycles. The number of hydrogen-bond acceptors (Lipinski definition) is 9. The van der Waals surface area contributed by atoms with Crippen LogP contribution in [0.4, 0.5) is 0 Å². The molecule has 1 saturated heterocycles. The van der Waals surface area contributed by atoms with E-state index in [0.29, 0.717) is 32.4 Å². The van der Waals surface area contributed by atoms with Gasteiger partial charge in [-0.25, -0.2) is 0 Å². The molecule has 2 fully saturated rings. The smallest absolute Gasteiger partial charge is 0.246 e. The van der Waals surface area contributed by atoms with Crippen molar-refractivity contribution in [2.75, 3.05) is 33.4 Å². The fraction of sp³-hybridized carbons (Fsp3) is 0.865. The number of nitrogens with one attached hydrogen (secondary N) is 4. The predicted octanol–water partition coefficient (Wildman–Crippen LogP) is 2.08. The third-order valence-corrected chi connectivity index (χ3v) is 10.1. The minimum absolute atomic E-state index is 0.0744. The maximum Gasteiger partial charge on any atom is 0.246 e. The van der Waals surface area contributed by atoms with E-state index in [9.17, 15) is 24.0 Å². The Morgan fingerprint density at radius 1 is 0.824 bits per heavy atom. The summed E-state index contributed by atoms with van der Waals surface area (Å²) < 4.78 is 12.1. The Labute approximate surface area is 306 Å². The van der Waals surface area contributed by atoms with Crippen LogP contribution < -0.4 is 32.7 Å². The van der Waals surface area contributed by atoms with Gasteiger partial charge in [-0.2, -0.15) is 0 Å². The number of unbranched alkanes of at least 4 members (excludes halogenated alkanes) is 4. The van der Waals surface area contributed by atoms with Crippen LogP contribution >= 0.6 is 0 Å². The van der Waals surface area contributed by atoms with Crippen molar-refractivity contribution in [3.63, 3.8) is 0 Å². The van der Waals surface area contributed by atoms with Gasteiger partial charge in [0, 0.05) is 20.2 Å². The first-order valence-corrected chi connectivity index (χ1v) is 19.5. The molecular weight excluding hydrogens is 654 g/mol. The van der Waals surface area contributed by atoms with Gasteiger partial charge >= 0.3 is 0 Å². The highest BCUT2D eigenvalue weighted by Gasteiger charge is 2.39. The molecule has 2 rings (SSSR count). The van der Waals surface area contributed by atoms with Crippen molar-refractivity contribution in [1.82, 2.24) is 26.2 Å². The van der Waals surface area contributed by atoms with E-state index in [1.807, 2.05) is 13.8 Å². The minimum Gasteiger partial charge on any atom is -0.379 e. The molecule has 0 spiro atoms. The Balaban J connectivity index is 2.54. The van der Waals surface area contributed by atoms with Crippen molar-refractivity contribution in [2.45, 2.75) is 155 Å². The second kappa shape index (κ2) is 23.7. The second-order valence-corrected chi connectivity index (χ2v) is 14.9. The standard InChI is InChI=1S/C37H69N7O7/c1-7-8-9-13-18-31-25(4)37(49)44(6)30(21-24(2)3)35(47)43-32(27-16-11-10-12-17-27)36(48)41-28(22-39)33(45)42-29(23-50-20-15-14-19-38)34(46)40-26(5)51-31/h24-32H,7-23,38-39H2,1-6H3,(H,40,46)(H,41,48)(H,42,45)(H,43,47)/t25-,26+,28+,29+,30+,31-,32+/m1/s1. The Bertz CT molecular complexity index is 1090. The van der Waals surface area contributed by atoms with Crippen LogP contribution in [0.2, 0.25) is 0 Å². The minimum atomic E-state index is -1.18. The molecule has 0 aromatic carbocycles. The van der Waals surface area contributed by atoms with Crippen molar-refractivity contribution in [3.05, 3.63) is 0 Å². The number of carbonyl (C=O) groups is 5. The van der Waals surface area contributed by atoms with Gasteiger partial charge in [0.15, 0.2) is 0 Å². The van der Waals surface area contributed by atoms with Crippen LogP contribution in [-0.2, 0) is 33.4 Å². The molecular formula is C37H69N7O7. The first kappa shape index (κ1) is 44.4. The SMILES string of the molecule is CCCCCC[C@H]1O[C@@H](C)NC(=O)[C@H](COCCCCN)NC(=O)[C@H](CN)NC(=O)[C@H](C2CCCCC2)NC(=O)[C@H](CC(C)C)N(C)C(=O)[C@@H]1C. The highest BCUT2D eigenvalue weighted by Crippen LogP contribution is 2.28. The molecule has 0 aromatic rings. The van der Waals surface area contributed by atoms with Gasteiger partial charge in [0.1, 0.15) is 30.4 Å². The lowest BCUT2D eigenvalue weighted by Gasteiger charge is -2.36. The molecule has 1 aliphatic carbocycles. The van der Waals surface area contributed by atoms with Gasteiger partial charge in [-0.1, -0.05) is 72.6 Å². The molecule has 51 heavy (non-hydrogen) atoms. The van der Waals surface area contributed by atoms with E-state index >= 15 is 0 Å². The van der Waals surface area contributed by atoms with Crippen molar-refractivity contribution in [2.24, 2.45) is 29.2 Å². The quantitative estimate of drug-likeness (QED) is 0.137. The van der Waals surface area contributed by atoms with Crippen molar-refractivity contribution < 1.29 is 33.4 Å². The Kier molecular flexibility index (Phi) is 20.6. The van der Waals surface area contributed by atoms with E-state index in [2.05, 4.69) is 28.2 Å². The fourth-order valence-electron chi connectivity index (χ4n) is 6.94. The van der Waals surface area contributed by atoms with E-state index in [0.717, 1.165) is 64.2 Å². The molecule has 0 bridgehead atoms. The Hall–Kier alpha value is -2.81. The third-order valence-electron chi connectivity index (χ3n) is 10.1. The maximum atomic E-state index is 14.2. The van der Waals surface area contributed by atoms with Gasteiger partial charge in [0.25, 0.3) is 0 Å². The normalized spacial score (nSPS) is 28.5. The van der Waals surface area contributed by atoms with E-state index in [1.54, 1.807) is 20.9 Å². The van der Waals surface area contributed by atoms with Crippen LogP contribution in [0.5, 0.6) is 0 Å². The van der Waals surface area contributed by atoms with E-state index in [4.69, 9.17) is 20.9 Å². The number of amides is 5. The summed E-state index contributed by atoms with van der Waals surface area (Å²) in [6.45, 7) is 10.1. The molecule has 7 atom stereocenters. The molecule has 0 aromatic heterocycles. The zero-order valence-electron chi connectivity index (χ0n) is 32.2. The number of nitrogens with two attached hydrogens (primary N) is 2. The number of hydrogen-bond donors (Lipinski definition) is 6. The van der Waals surface area contributed by atoms with Crippen molar-refractivity contribution >= 4 is 29.5 Å². The largest absolute Gasteiger partial charge is 0.379 e. The summed E-state index contributed by atoms with van der Waals surface area (Å²) in [6.07, 6.45) is 9.24. The van der Waals surface area contributed by atoms with Gasteiger partial charge in [-0.3, -0.25) is 24.0 Å². The molecule has 5 amide bonds. The molecule has 14 heteroatoms. The molecule has 1 heterocycles. The summed E-state index contributed by atoms with van der Waals surface area (Å²) in [5, 5.41) is 11.3. The van der Waals surface area contributed by atoms with Gasteiger partial charge in [0.05, 0.1) is 18.6 Å². The topological polar surface area (TPSA) is 207 Å². The first-order chi connectivity index (χ1) is 24.3. The van der Waals surface area contributed by atoms with Crippen LogP contribution in [0.1, 0.15) is 118 Å². The van der Waals surface area contributed by atoms with Crippen LogP contribution in [-0.4, -0.2) is 104 Å². The van der Waals surface area contributed by atoms with Gasteiger partial charge in [-0.15, -0.1) is 0 Å². The Morgan fingerprint density at radius 2 is 1.49 bits per heavy atom. The van der Waals surface area contributed by atoms with Crippen LogP contribution in [0.15, 0.2) is 0 Å². The Morgan fingerprint density at radius 3 is 2.12 bits per heavy atom. The highest BCUT2D eigenvalue weighted by atomic mass is 16.5. The molecule has 14 nitrogen and oxygen atoms in total. The van der Waals surface area contributed by atoms with Crippen LogP contribution in [0.25, 0.3) is 0 Å². The van der Waals surface area contributed by atoms with E-state index in [-0.39, 0.29) is 30.9 Å². The molecule has 0 unspecified atom stereocenters. The summed E-state index contributed by atoms with van der Waals surface area (Å²) in [5.74, 6) is -3.10. The number of rotatable bonds is 15. The zero-order chi connectivity index (χ0) is 37.9. The molecule has 2 aliphatic rings. The van der Waals surface area contributed by atoms with Gasteiger partial charge in [-0.05, 0) is 63.8 Å². The second-order valence-electron chi connectivity index (χ2n) is 14.9. The van der Waals surface area contributed by atoms with Gasteiger partial charge in [0.2, 0.25) is 29.5 Å². The van der Waals surface area contributed by atoms with Crippen molar-refractivity contribution in [3.8, 4) is 0 Å². The number of likely N-dealkylation sites (N-methyl/N-ethyl adjacent to an activating group) is 1. The molecule has 1 saturated carbocycles. The molecule has 0 radical (unpaired) electrons. The van der Waals surface area contributed by atoms with E-state index < -0.39 is 66.0 Å². The van der Waals surface area contributed by atoms with Gasteiger partial charge < -0.3 is 47.1 Å². The van der Waals surface area contributed by atoms with Crippen LogP contribution in [0.3, 0.4) is 0 Å². The van der Waals surface area contributed by atoms with E-state index in [1.165, 1.54) is 4.90 Å². The summed E-state index contributed by atoms with van der Waals surface area (Å²) in [4.78, 5) is 71.0.